The van der Waals surface area contributed by atoms with Crippen LogP contribution in [0.3, 0.4) is 0 Å². The summed E-state index contributed by atoms with van der Waals surface area (Å²) in [4.78, 5) is 0. The maximum atomic E-state index is 6.44. The lowest BCUT2D eigenvalue weighted by molar-refractivity contribution is 0.0360. The number of rotatable bonds is 0. The SMILES string of the molecule is Cc1ccc2c(c1)CCC(N)C21CCOCC1. The van der Waals surface area contributed by atoms with Gasteiger partial charge in [0, 0.05) is 24.7 Å². The minimum atomic E-state index is 0.194. The van der Waals surface area contributed by atoms with E-state index in [1.165, 1.54) is 16.7 Å². The smallest absolute Gasteiger partial charge is 0.0475 e. The minimum Gasteiger partial charge on any atom is -0.381 e. The molecule has 2 heteroatoms. The highest BCUT2D eigenvalue weighted by Gasteiger charge is 2.43. The van der Waals surface area contributed by atoms with Crippen LogP contribution < -0.4 is 5.73 Å². The van der Waals surface area contributed by atoms with Crippen LogP contribution in [0.4, 0.5) is 0 Å². The summed E-state index contributed by atoms with van der Waals surface area (Å²) in [6.07, 6.45) is 4.44. The van der Waals surface area contributed by atoms with Crippen molar-refractivity contribution in [3.63, 3.8) is 0 Å². The third-order valence-corrected chi connectivity index (χ3v) is 4.62. The number of fused-ring (bicyclic) bond motifs is 2. The zero-order valence-electron chi connectivity index (χ0n) is 10.5. The van der Waals surface area contributed by atoms with Crippen molar-refractivity contribution in [2.24, 2.45) is 5.73 Å². The van der Waals surface area contributed by atoms with E-state index in [4.69, 9.17) is 10.5 Å². The van der Waals surface area contributed by atoms with Crippen molar-refractivity contribution in [3.05, 3.63) is 34.9 Å². The Balaban J connectivity index is 2.09. The van der Waals surface area contributed by atoms with Crippen LogP contribution in [0.25, 0.3) is 0 Å². The number of aryl methyl sites for hydroxylation is 2. The fourth-order valence-corrected chi connectivity index (χ4v) is 3.58. The number of hydrogen-bond donors (Lipinski definition) is 1. The first kappa shape index (κ1) is 11.2. The van der Waals surface area contributed by atoms with Crippen molar-refractivity contribution in [2.45, 2.75) is 44.1 Å². The molecular weight excluding hydrogens is 210 g/mol. The van der Waals surface area contributed by atoms with Gasteiger partial charge < -0.3 is 10.5 Å². The molecule has 1 fully saturated rings. The summed E-state index contributed by atoms with van der Waals surface area (Å²) >= 11 is 0. The quantitative estimate of drug-likeness (QED) is 0.743. The van der Waals surface area contributed by atoms with Crippen LogP contribution in [0.15, 0.2) is 18.2 Å². The standard InChI is InChI=1S/C15H21NO/c1-11-2-4-13-12(10-11)3-5-14(16)15(13)6-8-17-9-7-15/h2,4,10,14H,3,5-9,16H2,1H3. The molecule has 1 aromatic rings. The molecule has 1 aliphatic heterocycles. The summed E-state index contributed by atoms with van der Waals surface area (Å²) in [5.74, 6) is 0. The van der Waals surface area contributed by atoms with Crippen molar-refractivity contribution >= 4 is 0 Å². The third-order valence-electron chi connectivity index (χ3n) is 4.62. The molecule has 1 heterocycles. The van der Waals surface area contributed by atoms with Crippen LogP contribution in [0.2, 0.25) is 0 Å². The molecule has 92 valence electrons. The van der Waals surface area contributed by atoms with Gasteiger partial charge in [-0.3, -0.25) is 0 Å². The first-order chi connectivity index (χ1) is 8.22. The summed E-state index contributed by atoms with van der Waals surface area (Å²) in [6, 6.07) is 7.20. The second kappa shape index (κ2) is 4.11. The van der Waals surface area contributed by atoms with E-state index in [1.807, 2.05) is 0 Å². The van der Waals surface area contributed by atoms with Crippen LogP contribution >= 0.6 is 0 Å². The van der Waals surface area contributed by atoms with Crippen LogP contribution in [0, 0.1) is 6.92 Å². The second-order valence-electron chi connectivity index (χ2n) is 5.57. The van der Waals surface area contributed by atoms with Crippen LogP contribution in [0.5, 0.6) is 0 Å². The van der Waals surface area contributed by atoms with E-state index >= 15 is 0 Å². The predicted molar refractivity (Wildman–Crippen MR) is 69.2 cm³/mol. The number of benzene rings is 1. The van der Waals surface area contributed by atoms with E-state index in [1.54, 1.807) is 0 Å². The van der Waals surface area contributed by atoms with Gasteiger partial charge in [0.15, 0.2) is 0 Å². The van der Waals surface area contributed by atoms with E-state index in [0.717, 1.165) is 38.9 Å². The molecular formula is C15H21NO. The van der Waals surface area contributed by atoms with Crippen molar-refractivity contribution in [2.75, 3.05) is 13.2 Å². The highest BCUT2D eigenvalue weighted by Crippen LogP contribution is 2.43. The topological polar surface area (TPSA) is 35.2 Å². The molecule has 1 atom stereocenters. The lowest BCUT2D eigenvalue weighted by atomic mass is 9.63. The zero-order valence-corrected chi connectivity index (χ0v) is 10.5. The molecule has 0 bridgehead atoms. The van der Waals surface area contributed by atoms with E-state index in [2.05, 4.69) is 25.1 Å². The molecule has 2 aliphatic rings. The average Bonchev–Trinajstić information content (AvgIpc) is 2.35. The molecule has 1 saturated heterocycles. The minimum absolute atomic E-state index is 0.194. The molecule has 17 heavy (non-hydrogen) atoms. The third kappa shape index (κ3) is 1.71. The van der Waals surface area contributed by atoms with Crippen molar-refractivity contribution in [1.82, 2.24) is 0 Å². The van der Waals surface area contributed by atoms with Gasteiger partial charge >= 0.3 is 0 Å². The molecule has 1 spiro atoms. The molecule has 1 aliphatic carbocycles. The molecule has 0 aromatic heterocycles. The van der Waals surface area contributed by atoms with E-state index in [-0.39, 0.29) is 5.41 Å². The summed E-state index contributed by atoms with van der Waals surface area (Å²) in [6.45, 7) is 3.90. The van der Waals surface area contributed by atoms with E-state index in [9.17, 15) is 0 Å². The van der Waals surface area contributed by atoms with Crippen LogP contribution in [-0.4, -0.2) is 19.3 Å². The van der Waals surface area contributed by atoms with Crippen LogP contribution in [-0.2, 0) is 16.6 Å². The Morgan fingerprint density at radius 1 is 1.29 bits per heavy atom. The van der Waals surface area contributed by atoms with Gasteiger partial charge in [-0.05, 0) is 43.7 Å². The van der Waals surface area contributed by atoms with Gasteiger partial charge in [-0.2, -0.15) is 0 Å². The molecule has 3 rings (SSSR count). The van der Waals surface area contributed by atoms with Crippen LogP contribution in [0.1, 0.15) is 36.0 Å². The Bertz CT molecular complexity index is 421. The van der Waals surface area contributed by atoms with Gasteiger partial charge in [0.05, 0.1) is 0 Å². The molecule has 0 saturated carbocycles. The summed E-state index contributed by atoms with van der Waals surface area (Å²) in [5, 5.41) is 0. The fraction of sp³-hybridized carbons (Fsp3) is 0.600. The van der Waals surface area contributed by atoms with Gasteiger partial charge in [-0.25, -0.2) is 0 Å². The summed E-state index contributed by atoms with van der Waals surface area (Å²) < 4.78 is 5.53. The van der Waals surface area contributed by atoms with Crippen molar-refractivity contribution in [1.29, 1.82) is 0 Å². The Morgan fingerprint density at radius 3 is 2.82 bits per heavy atom. The number of nitrogens with two attached hydrogens (primary N) is 1. The second-order valence-corrected chi connectivity index (χ2v) is 5.57. The zero-order chi connectivity index (χ0) is 11.9. The Labute approximate surface area is 103 Å². The van der Waals surface area contributed by atoms with Gasteiger partial charge in [0.2, 0.25) is 0 Å². The van der Waals surface area contributed by atoms with E-state index in [0.29, 0.717) is 6.04 Å². The highest BCUT2D eigenvalue weighted by atomic mass is 16.5. The first-order valence-electron chi connectivity index (χ1n) is 6.66. The number of ether oxygens (including phenoxy) is 1. The maximum absolute atomic E-state index is 6.44. The molecule has 1 unspecified atom stereocenters. The van der Waals surface area contributed by atoms with Gasteiger partial charge in [-0.1, -0.05) is 23.8 Å². The monoisotopic (exact) mass is 231 g/mol. The molecule has 0 radical (unpaired) electrons. The molecule has 0 amide bonds. The normalized spacial score (nSPS) is 26.8. The summed E-state index contributed by atoms with van der Waals surface area (Å²) in [5.41, 5.74) is 11.0. The Hall–Kier alpha value is -0.860. The van der Waals surface area contributed by atoms with Crippen molar-refractivity contribution in [3.8, 4) is 0 Å². The van der Waals surface area contributed by atoms with Gasteiger partial charge in [0.1, 0.15) is 0 Å². The lowest BCUT2D eigenvalue weighted by Crippen LogP contribution is -2.51. The molecule has 2 N–H and O–H groups in total. The predicted octanol–water partition coefficient (Wildman–Crippen LogP) is 2.32. The first-order valence-corrected chi connectivity index (χ1v) is 6.66. The number of hydrogen-bond acceptors (Lipinski definition) is 2. The van der Waals surface area contributed by atoms with Crippen molar-refractivity contribution < 1.29 is 4.74 Å². The fourth-order valence-electron chi connectivity index (χ4n) is 3.58. The Morgan fingerprint density at radius 2 is 2.06 bits per heavy atom. The van der Waals surface area contributed by atoms with Gasteiger partial charge in [-0.15, -0.1) is 0 Å². The van der Waals surface area contributed by atoms with Gasteiger partial charge in [0.25, 0.3) is 0 Å². The van der Waals surface area contributed by atoms with E-state index < -0.39 is 0 Å². The maximum Gasteiger partial charge on any atom is 0.0475 e. The summed E-state index contributed by atoms with van der Waals surface area (Å²) in [7, 11) is 0. The average molecular weight is 231 g/mol. The molecule has 1 aromatic carbocycles. The largest absolute Gasteiger partial charge is 0.381 e. The lowest BCUT2D eigenvalue weighted by Gasteiger charge is -2.46. The molecule has 2 nitrogen and oxygen atoms in total. The Kier molecular flexibility index (Phi) is 2.72. The highest BCUT2D eigenvalue weighted by molar-refractivity contribution is 5.41.